The molecule has 11 heteroatoms. The monoisotopic (exact) mass is 616 g/mol. The molecule has 1 N–H and O–H groups in total. The number of carbonyl (C=O) groups is 2. The lowest BCUT2D eigenvalue weighted by Crippen LogP contribution is -2.29. The molecule has 3 heterocycles. The Hall–Kier alpha value is -4.22. The van der Waals surface area contributed by atoms with Crippen LogP contribution in [0.2, 0.25) is 0 Å². The van der Waals surface area contributed by atoms with Crippen LogP contribution in [0.4, 0.5) is 5.13 Å². The fourth-order valence-corrected chi connectivity index (χ4v) is 6.53. The van der Waals surface area contributed by atoms with Crippen molar-refractivity contribution in [3.05, 3.63) is 94.8 Å². The lowest BCUT2D eigenvalue weighted by atomic mass is 9.95. The predicted octanol–water partition coefficient (Wildman–Crippen LogP) is 6.74. The van der Waals surface area contributed by atoms with Gasteiger partial charge in [0.1, 0.15) is 5.76 Å². The van der Waals surface area contributed by atoms with Crippen molar-refractivity contribution in [2.75, 3.05) is 18.6 Å². The summed E-state index contributed by atoms with van der Waals surface area (Å²) in [6, 6.07) is 15.7. The highest BCUT2D eigenvalue weighted by Gasteiger charge is 2.48. The Morgan fingerprint density at radius 1 is 1.02 bits per heavy atom. The summed E-state index contributed by atoms with van der Waals surface area (Å²) >= 11 is 2.72. The van der Waals surface area contributed by atoms with Crippen LogP contribution in [0.15, 0.2) is 76.9 Å². The zero-order valence-electron chi connectivity index (χ0n) is 24.1. The standard InChI is InChI=1S/C32H32N4O5S2/c1-4-5-6-17-41-24-12-11-23(18-25(24)40-3)27-26(28(37)22-13-15-33-16-14-22)29(38)30(39)36(27)31-34-35-32(43-31)42-19-21-9-7-20(2)8-10-21/h7-16,18,27,37H,4-6,17,19H2,1-3H3/b28-26+. The molecule has 0 spiro atoms. The summed E-state index contributed by atoms with van der Waals surface area (Å²) in [5.41, 5.74) is 3.18. The van der Waals surface area contributed by atoms with Gasteiger partial charge >= 0.3 is 5.91 Å². The molecule has 1 saturated heterocycles. The maximum atomic E-state index is 13.6. The number of aromatic nitrogens is 3. The Balaban J connectivity index is 1.52. The number of carbonyl (C=O) groups excluding carboxylic acids is 2. The lowest BCUT2D eigenvalue weighted by Gasteiger charge is -2.23. The van der Waals surface area contributed by atoms with E-state index >= 15 is 0 Å². The number of pyridine rings is 1. The van der Waals surface area contributed by atoms with E-state index in [4.69, 9.17) is 9.47 Å². The highest BCUT2D eigenvalue weighted by atomic mass is 32.2. The molecule has 0 bridgehead atoms. The topological polar surface area (TPSA) is 115 Å². The van der Waals surface area contributed by atoms with Gasteiger partial charge < -0.3 is 14.6 Å². The number of aryl methyl sites for hydroxylation is 1. The van der Waals surface area contributed by atoms with Gasteiger partial charge in [-0.05, 0) is 48.7 Å². The number of hydrogen-bond acceptors (Lipinski definition) is 10. The minimum absolute atomic E-state index is 0.0566. The molecule has 1 aliphatic rings. The van der Waals surface area contributed by atoms with E-state index in [0.29, 0.717) is 39.3 Å². The molecule has 2 aromatic carbocycles. The quantitative estimate of drug-likeness (QED) is 0.0462. The molecular weight excluding hydrogens is 585 g/mol. The van der Waals surface area contributed by atoms with Gasteiger partial charge in [-0.1, -0.05) is 78.8 Å². The number of benzene rings is 2. The van der Waals surface area contributed by atoms with Crippen molar-refractivity contribution in [2.45, 2.75) is 49.2 Å². The van der Waals surface area contributed by atoms with Gasteiger partial charge in [-0.15, -0.1) is 10.2 Å². The number of anilines is 1. The van der Waals surface area contributed by atoms with E-state index in [1.54, 1.807) is 30.3 Å². The number of rotatable bonds is 12. The number of amides is 1. The molecular formula is C32H32N4O5S2. The lowest BCUT2D eigenvalue weighted by molar-refractivity contribution is -0.132. The summed E-state index contributed by atoms with van der Waals surface area (Å²) in [4.78, 5) is 32.4. The minimum Gasteiger partial charge on any atom is -0.507 e. The SMILES string of the molecule is CCCCCOc1ccc(C2/C(=C(\O)c3ccncc3)C(=O)C(=O)N2c2nnc(SCc3ccc(C)cc3)s2)cc1OC. The molecule has 43 heavy (non-hydrogen) atoms. The van der Waals surface area contributed by atoms with Gasteiger partial charge in [0.25, 0.3) is 5.78 Å². The summed E-state index contributed by atoms with van der Waals surface area (Å²) in [7, 11) is 1.54. The van der Waals surface area contributed by atoms with Gasteiger partial charge in [0.2, 0.25) is 5.13 Å². The molecule has 2 aromatic heterocycles. The Bertz CT molecular complexity index is 1620. The second-order valence-electron chi connectivity index (χ2n) is 10.00. The molecule has 1 unspecified atom stereocenters. The Labute approximate surface area is 258 Å². The largest absolute Gasteiger partial charge is 0.507 e. The van der Waals surface area contributed by atoms with E-state index in [1.165, 1.54) is 53.1 Å². The van der Waals surface area contributed by atoms with Crippen molar-refractivity contribution in [3.8, 4) is 11.5 Å². The van der Waals surface area contributed by atoms with Crippen LogP contribution in [0.25, 0.3) is 5.76 Å². The van der Waals surface area contributed by atoms with E-state index in [-0.39, 0.29) is 16.5 Å². The van der Waals surface area contributed by atoms with Crippen LogP contribution < -0.4 is 14.4 Å². The number of ketones is 1. The first-order chi connectivity index (χ1) is 20.9. The van der Waals surface area contributed by atoms with E-state index < -0.39 is 17.7 Å². The first kappa shape index (κ1) is 30.2. The van der Waals surface area contributed by atoms with Crippen molar-refractivity contribution < 1.29 is 24.2 Å². The summed E-state index contributed by atoms with van der Waals surface area (Å²) in [5, 5.41) is 20.2. The van der Waals surface area contributed by atoms with Gasteiger partial charge in [-0.2, -0.15) is 0 Å². The molecule has 4 aromatic rings. The van der Waals surface area contributed by atoms with Crippen LogP contribution in [0.5, 0.6) is 11.5 Å². The van der Waals surface area contributed by atoms with E-state index in [0.717, 1.165) is 24.8 Å². The molecule has 0 saturated carbocycles. The van der Waals surface area contributed by atoms with Crippen molar-refractivity contribution in [1.82, 2.24) is 15.2 Å². The highest BCUT2D eigenvalue weighted by Crippen LogP contribution is 2.45. The first-order valence-electron chi connectivity index (χ1n) is 13.9. The van der Waals surface area contributed by atoms with Crippen molar-refractivity contribution in [2.24, 2.45) is 0 Å². The molecule has 1 atom stereocenters. The first-order valence-corrected chi connectivity index (χ1v) is 15.8. The van der Waals surface area contributed by atoms with Crippen LogP contribution in [0.3, 0.4) is 0 Å². The normalized spacial score (nSPS) is 16.1. The molecule has 5 rings (SSSR count). The molecule has 0 radical (unpaired) electrons. The summed E-state index contributed by atoms with van der Waals surface area (Å²) < 4.78 is 12.2. The van der Waals surface area contributed by atoms with Gasteiger partial charge in [-0.3, -0.25) is 19.5 Å². The number of Topliss-reactive ketones (excluding diaryl/α,β-unsaturated/α-hetero) is 1. The number of hydrogen-bond donors (Lipinski definition) is 1. The van der Waals surface area contributed by atoms with Crippen LogP contribution in [0, 0.1) is 6.92 Å². The summed E-state index contributed by atoms with van der Waals surface area (Å²) in [5.74, 6) is -0.233. The number of unbranched alkanes of at least 4 members (excludes halogenated alkanes) is 2. The number of methoxy groups -OCH3 is 1. The minimum atomic E-state index is -0.973. The number of ether oxygens (including phenoxy) is 2. The second kappa shape index (κ2) is 13.8. The van der Waals surface area contributed by atoms with Gasteiger partial charge in [-0.25, -0.2) is 0 Å². The molecule has 1 aliphatic heterocycles. The van der Waals surface area contributed by atoms with Crippen molar-refractivity contribution in [3.63, 3.8) is 0 Å². The highest BCUT2D eigenvalue weighted by molar-refractivity contribution is 8.00. The fraction of sp³-hybridized carbons (Fsp3) is 0.281. The smallest absolute Gasteiger partial charge is 0.301 e. The summed E-state index contributed by atoms with van der Waals surface area (Å²) in [6.45, 7) is 4.71. The number of aliphatic hydroxyl groups is 1. The average Bonchev–Trinajstić information content (AvgIpc) is 3.60. The maximum absolute atomic E-state index is 13.6. The van der Waals surface area contributed by atoms with Crippen LogP contribution in [-0.2, 0) is 15.3 Å². The Kier molecular flexibility index (Phi) is 9.73. The van der Waals surface area contributed by atoms with Gasteiger partial charge in [0.05, 0.1) is 25.3 Å². The zero-order chi connectivity index (χ0) is 30.3. The van der Waals surface area contributed by atoms with Crippen LogP contribution in [-0.4, -0.2) is 45.7 Å². The third-order valence-electron chi connectivity index (χ3n) is 6.99. The van der Waals surface area contributed by atoms with E-state index in [9.17, 15) is 14.7 Å². The molecule has 9 nitrogen and oxygen atoms in total. The van der Waals surface area contributed by atoms with Crippen molar-refractivity contribution >= 4 is 45.7 Å². The van der Waals surface area contributed by atoms with Crippen LogP contribution in [0.1, 0.15) is 54.5 Å². The molecule has 1 amide bonds. The summed E-state index contributed by atoms with van der Waals surface area (Å²) in [6.07, 6.45) is 6.06. The number of aliphatic hydroxyl groups excluding tert-OH is 1. The zero-order valence-corrected chi connectivity index (χ0v) is 25.8. The van der Waals surface area contributed by atoms with E-state index in [1.807, 2.05) is 6.92 Å². The van der Waals surface area contributed by atoms with Gasteiger partial charge in [0, 0.05) is 23.7 Å². The van der Waals surface area contributed by atoms with E-state index in [2.05, 4.69) is 46.4 Å². The predicted molar refractivity (Wildman–Crippen MR) is 168 cm³/mol. The van der Waals surface area contributed by atoms with Gasteiger partial charge in [0.15, 0.2) is 15.8 Å². The Morgan fingerprint density at radius 2 is 1.79 bits per heavy atom. The third kappa shape index (κ3) is 6.73. The number of thioether (sulfide) groups is 1. The van der Waals surface area contributed by atoms with Crippen LogP contribution >= 0.6 is 23.1 Å². The molecule has 222 valence electrons. The number of nitrogens with zero attached hydrogens (tertiary/aromatic N) is 4. The maximum Gasteiger partial charge on any atom is 0.301 e. The second-order valence-corrected chi connectivity index (χ2v) is 12.2. The fourth-order valence-electron chi connectivity index (χ4n) is 4.71. The third-order valence-corrected chi connectivity index (χ3v) is 9.12. The van der Waals surface area contributed by atoms with Crippen molar-refractivity contribution in [1.29, 1.82) is 0 Å². The Morgan fingerprint density at radius 3 is 2.51 bits per heavy atom. The molecule has 0 aliphatic carbocycles. The molecule has 1 fully saturated rings. The average molecular weight is 617 g/mol.